The predicted molar refractivity (Wildman–Crippen MR) is 70.8 cm³/mol. The first-order chi connectivity index (χ1) is 8.31. The van der Waals surface area contributed by atoms with E-state index in [0.717, 1.165) is 16.9 Å². The first-order valence-electron chi connectivity index (χ1n) is 5.92. The molecule has 100 valence electrons. The summed E-state index contributed by atoms with van der Waals surface area (Å²) in [6.45, 7) is 7.88. The monoisotopic (exact) mass is 251 g/mol. The maximum absolute atomic E-state index is 11.5. The number of alkyl carbamates (subject to hydrolysis) is 1. The van der Waals surface area contributed by atoms with Gasteiger partial charge in [-0.05, 0) is 33.8 Å². The number of benzene rings is 1. The van der Waals surface area contributed by atoms with Crippen molar-refractivity contribution in [3.63, 3.8) is 0 Å². The van der Waals surface area contributed by atoms with Gasteiger partial charge in [-0.3, -0.25) is 0 Å². The van der Waals surface area contributed by atoms with Gasteiger partial charge in [0.15, 0.2) is 0 Å². The lowest BCUT2D eigenvalue weighted by atomic mass is 10.1. The van der Waals surface area contributed by atoms with Crippen molar-refractivity contribution in [2.45, 2.75) is 39.8 Å². The number of carbonyl (C=O) groups excluding carboxylic acids is 1. The third kappa shape index (κ3) is 4.65. The third-order valence-electron chi connectivity index (χ3n) is 2.26. The summed E-state index contributed by atoms with van der Waals surface area (Å²) in [4.78, 5) is 11.5. The molecule has 0 radical (unpaired) electrons. The number of aryl methyl sites for hydroxylation is 1. The number of ether oxygens (including phenoxy) is 2. The Labute approximate surface area is 108 Å². The van der Waals surface area contributed by atoms with Gasteiger partial charge in [0, 0.05) is 12.1 Å². The van der Waals surface area contributed by atoms with Gasteiger partial charge < -0.3 is 14.8 Å². The standard InChI is InChI=1S/C14H21NO3/c1-10-6-7-12(17-5)11(8-10)9-15-13(16)18-14(2,3)4/h6-8H,9H2,1-5H3,(H,15,16). The molecular weight excluding hydrogens is 230 g/mol. The summed E-state index contributed by atoms with van der Waals surface area (Å²) >= 11 is 0. The zero-order valence-electron chi connectivity index (χ0n) is 11.7. The summed E-state index contributed by atoms with van der Waals surface area (Å²) < 4.78 is 10.4. The molecular formula is C14H21NO3. The fraction of sp³-hybridized carbons (Fsp3) is 0.500. The Bertz CT molecular complexity index is 422. The summed E-state index contributed by atoms with van der Waals surface area (Å²) in [5, 5.41) is 2.72. The summed E-state index contributed by atoms with van der Waals surface area (Å²) in [5.74, 6) is 0.761. The van der Waals surface area contributed by atoms with Gasteiger partial charge in [-0.2, -0.15) is 0 Å². The largest absolute Gasteiger partial charge is 0.496 e. The minimum Gasteiger partial charge on any atom is -0.496 e. The summed E-state index contributed by atoms with van der Waals surface area (Å²) in [5.41, 5.74) is 1.57. The molecule has 4 nitrogen and oxygen atoms in total. The Hall–Kier alpha value is -1.71. The summed E-state index contributed by atoms with van der Waals surface area (Å²) in [6.07, 6.45) is -0.425. The second kappa shape index (κ2) is 5.76. The van der Waals surface area contributed by atoms with E-state index < -0.39 is 11.7 Å². The molecule has 0 heterocycles. The van der Waals surface area contributed by atoms with E-state index in [9.17, 15) is 4.79 Å². The lowest BCUT2D eigenvalue weighted by Gasteiger charge is -2.20. The SMILES string of the molecule is COc1ccc(C)cc1CNC(=O)OC(C)(C)C. The molecule has 0 aromatic heterocycles. The highest BCUT2D eigenvalue weighted by atomic mass is 16.6. The Balaban J connectivity index is 2.63. The van der Waals surface area contributed by atoms with Crippen molar-refractivity contribution in [1.82, 2.24) is 5.32 Å². The van der Waals surface area contributed by atoms with Gasteiger partial charge in [-0.1, -0.05) is 17.7 Å². The molecule has 0 aliphatic rings. The van der Waals surface area contributed by atoms with Crippen LogP contribution in [0.25, 0.3) is 0 Å². The molecule has 0 spiro atoms. The fourth-order valence-electron chi connectivity index (χ4n) is 1.53. The minimum absolute atomic E-state index is 0.389. The van der Waals surface area contributed by atoms with E-state index in [-0.39, 0.29) is 0 Å². The van der Waals surface area contributed by atoms with Crippen molar-refractivity contribution in [1.29, 1.82) is 0 Å². The molecule has 1 aromatic carbocycles. The van der Waals surface area contributed by atoms with Crippen molar-refractivity contribution in [2.75, 3.05) is 7.11 Å². The topological polar surface area (TPSA) is 47.6 Å². The molecule has 0 aliphatic heterocycles. The van der Waals surface area contributed by atoms with Crippen molar-refractivity contribution < 1.29 is 14.3 Å². The van der Waals surface area contributed by atoms with Gasteiger partial charge in [-0.25, -0.2) is 4.79 Å². The molecule has 1 aromatic rings. The maximum atomic E-state index is 11.5. The molecule has 0 saturated carbocycles. The van der Waals surface area contributed by atoms with Crippen LogP contribution in [0.2, 0.25) is 0 Å². The normalized spacial score (nSPS) is 10.9. The highest BCUT2D eigenvalue weighted by Gasteiger charge is 2.16. The number of amides is 1. The number of methoxy groups -OCH3 is 1. The van der Waals surface area contributed by atoms with Crippen molar-refractivity contribution in [3.05, 3.63) is 29.3 Å². The average molecular weight is 251 g/mol. The molecule has 0 unspecified atom stereocenters. The maximum Gasteiger partial charge on any atom is 0.407 e. The smallest absolute Gasteiger partial charge is 0.407 e. The molecule has 0 bridgehead atoms. The van der Waals surface area contributed by atoms with E-state index in [1.807, 2.05) is 45.9 Å². The zero-order chi connectivity index (χ0) is 13.8. The van der Waals surface area contributed by atoms with E-state index in [2.05, 4.69) is 5.32 Å². The van der Waals surface area contributed by atoms with Crippen LogP contribution in [0.3, 0.4) is 0 Å². The molecule has 4 heteroatoms. The van der Waals surface area contributed by atoms with Crippen molar-refractivity contribution >= 4 is 6.09 Å². The molecule has 0 fully saturated rings. The molecule has 1 N–H and O–H groups in total. The zero-order valence-corrected chi connectivity index (χ0v) is 11.7. The molecule has 1 rings (SSSR count). The second-order valence-electron chi connectivity index (χ2n) is 5.17. The van der Waals surface area contributed by atoms with E-state index in [0.29, 0.717) is 6.54 Å². The molecule has 0 aliphatic carbocycles. The van der Waals surface area contributed by atoms with Crippen LogP contribution in [0.5, 0.6) is 5.75 Å². The molecule has 0 saturated heterocycles. The van der Waals surface area contributed by atoms with Crippen molar-refractivity contribution in [3.8, 4) is 5.75 Å². The van der Waals surface area contributed by atoms with Gasteiger partial charge in [-0.15, -0.1) is 0 Å². The van der Waals surface area contributed by atoms with Gasteiger partial charge >= 0.3 is 6.09 Å². The quantitative estimate of drug-likeness (QED) is 0.898. The Morgan fingerprint density at radius 2 is 2.00 bits per heavy atom. The van der Waals surface area contributed by atoms with Crippen LogP contribution < -0.4 is 10.1 Å². The lowest BCUT2D eigenvalue weighted by Crippen LogP contribution is -2.32. The fourth-order valence-corrected chi connectivity index (χ4v) is 1.53. The van der Waals surface area contributed by atoms with Gasteiger partial charge in [0.1, 0.15) is 11.4 Å². The molecule has 1 amide bonds. The van der Waals surface area contributed by atoms with Crippen LogP contribution in [-0.2, 0) is 11.3 Å². The minimum atomic E-state index is -0.485. The highest BCUT2D eigenvalue weighted by Crippen LogP contribution is 2.19. The average Bonchev–Trinajstić information content (AvgIpc) is 2.24. The van der Waals surface area contributed by atoms with Gasteiger partial charge in [0.25, 0.3) is 0 Å². The van der Waals surface area contributed by atoms with Crippen LogP contribution in [-0.4, -0.2) is 18.8 Å². The Kier molecular flexibility index (Phi) is 4.59. The number of hydrogen-bond donors (Lipinski definition) is 1. The van der Waals surface area contributed by atoms with Crippen LogP contribution in [0.1, 0.15) is 31.9 Å². The van der Waals surface area contributed by atoms with Crippen LogP contribution >= 0.6 is 0 Å². The van der Waals surface area contributed by atoms with E-state index in [4.69, 9.17) is 9.47 Å². The van der Waals surface area contributed by atoms with E-state index >= 15 is 0 Å². The van der Waals surface area contributed by atoms with Crippen LogP contribution in [0.4, 0.5) is 4.79 Å². The molecule has 0 atom stereocenters. The van der Waals surface area contributed by atoms with Crippen molar-refractivity contribution in [2.24, 2.45) is 0 Å². The third-order valence-corrected chi connectivity index (χ3v) is 2.26. The first-order valence-corrected chi connectivity index (χ1v) is 5.92. The first kappa shape index (κ1) is 14.4. The summed E-state index contributed by atoms with van der Waals surface area (Å²) in [6, 6.07) is 5.84. The van der Waals surface area contributed by atoms with Gasteiger partial charge in [0.2, 0.25) is 0 Å². The number of hydrogen-bond acceptors (Lipinski definition) is 3. The van der Waals surface area contributed by atoms with E-state index in [1.54, 1.807) is 7.11 Å². The predicted octanol–water partition coefficient (Wildman–Crippen LogP) is 3.03. The number of rotatable bonds is 3. The molecule has 18 heavy (non-hydrogen) atoms. The van der Waals surface area contributed by atoms with Gasteiger partial charge in [0.05, 0.1) is 7.11 Å². The Morgan fingerprint density at radius 3 is 2.56 bits per heavy atom. The number of carbonyl (C=O) groups is 1. The van der Waals surface area contributed by atoms with E-state index in [1.165, 1.54) is 0 Å². The van der Waals surface area contributed by atoms with Crippen LogP contribution in [0, 0.1) is 6.92 Å². The summed E-state index contributed by atoms with van der Waals surface area (Å²) in [7, 11) is 1.61. The lowest BCUT2D eigenvalue weighted by molar-refractivity contribution is 0.0523. The Morgan fingerprint density at radius 1 is 1.33 bits per heavy atom. The number of nitrogens with one attached hydrogen (secondary N) is 1. The second-order valence-corrected chi connectivity index (χ2v) is 5.17. The highest BCUT2D eigenvalue weighted by molar-refractivity contribution is 5.67. The van der Waals surface area contributed by atoms with Crippen LogP contribution in [0.15, 0.2) is 18.2 Å².